The number of aromatic nitrogens is 1. The Morgan fingerprint density at radius 2 is 1.95 bits per heavy atom. The van der Waals surface area contributed by atoms with Gasteiger partial charge < -0.3 is 0 Å². The fourth-order valence-corrected chi connectivity index (χ4v) is 2.99. The highest BCUT2D eigenvalue weighted by molar-refractivity contribution is 7.92. The number of hydrogen-bond acceptors (Lipinski definition) is 3. The molecular formula is C13H12ClFN2O2S. The first-order valence-corrected chi connectivity index (χ1v) is 7.70. The lowest BCUT2D eigenvalue weighted by molar-refractivity contribution is 0.557. The van der Waals surface area contributed by atoms with Crippen LogP contribution in [0.5, 0.6) is 0 Å². The Kier molecular flexibility index (Phi) is 4.25. The molecule has 1 unspecified atom stereocenters. The molecule has 7 heteroatoms. The Hall–Kier alpha value is -1.66. The van der Waals surface area contributed by atoms with Crippen LogP contribution in [0.4, 0.5) is 10.1 Å². The van der Waals surface area contributed by atoms with Crippen molar-refractivity contribution in [1.82, 2.24) is 4.98 Å². The normalized spacial score (nSPS) is 12.9. The summed E-state index contributed by atoms with van der Waals surface area (Å²) >= 11 is 5.99. The largest absolute Gasteiger partial charge is 0.282 e. The van der Waals surface area contributed by atoms with E-state index in [9.17, 15) is 12.8 Å². The number of anilines is 1. The summed E-state index contributed by atoms with van der Waals surface area (Å²) < 4.78 is 40.1. The van der Waals surface area contributed by atoms with Crippen LogP contribution in [0, 0.1) is 5.82 Å². The lowest BCUT2D eigenvalue weighted by atomic mass is 10.1. The molecule has 0 amide bonds. The SMILES string of the molecule is CC(Cl)c1ccccc1NS(=O)(=O)c1ncccc1F. The highest BCUT2D eigenvalue weighted by Gasteiger charge is 2.22. The standard InChI is InChI=1S/C13H12ClFN2O2S/c1-9(14)10-5-2-3-7-12(10)17-20(18,19)13-11(15)6-4-8-16-13/h2-9,17H,1H3. The lowest BCUT2D eigenvalue weighted by Gasteiger charge is -2.13. The average Bonchev–Trinajstić information content (AvgIpc) is 2.39. The number of hydrogen-bond donors (Lipinski definition) is 1. The predicted molar refractivity (Wildman–Crippen MR) is 75.7 cm³/mol. The minimum atomic E-state index is -4.09. The van der Waals surface area contributed by atoms with Gasteiger partial charge in [0.1, 0.15) is 0 Å². The van der Waals surface area contributed by atoms with E-state index in [4.69, 9.17) is 11.6 Å². The summed E-state index contributed by atoms with van der Waals surface area (Å²) in [5.74, 6) is -0.906. The van der Waals surface area contributed by atoms with E-state index >= 15 is 0 Å². The molecule has 106 valence electrons. The summed E-state index contributed by atoms with van der Waals surface area (Å²) in [6.45, 7) is 1.72. The Morgan fingerprint density at radius 1 is 1.25 bits per heavy atom. The molecule has 1 atom stereocenters. The van der Waals surface area contributed by atoms with Crippen LogP contribution in [0.1, 0.15) is 17.9 Å². The van der Waals surface area contributed by atoms with Crippen LogP contribution in [0.3, 0.4) is 0 Å². The van der Waals surface area contributed by atoms with Gasteiger partial charge in [-0.25, -0.2) is 9.37 Å². The Morgan fingerprint density at radius 3 is 2.60 bits per heavy atom. The Bertz CT molecular complexity index is 720. The van der Waals surface area contributed by atoms with Gasteiger partial charge in [-0.1, -0.05) is 18.2 Å². The van der Waals surface area contributed by atoms with Gasteiger partial charge in [-0.3, -0.25) is 4.72 Å². The molecule has 0 aliphatic heterocycles. The van der Waals surface area contributed by atoms with Crippen molar-refractivity contribution in [2.45, 2.75) is 17.3 Å². The number of halogens is 2. The van der Waals surface area contributed by atoms with Gasteiger partial charge in [0.05, 0.1) is 11.1 Å². The van der Waals surface area contributed by atoms with Gasteiger partial charge in [-0.2, -0.15) is 8.42 Å². The number of benzene rings is 1. The smallest absolute Gasteiger partial charge is 0.278 e. The van der Waals surface area contributed by atoms with E-state index < -0.39 is 20.9 Å². The molecule has 1 N–H and O–H groups in total. The fourth-order valence-electron chi connectivity index (χ4n) is 1.70. The van der Waals surface area contributed by atoms with E-state index in [1.54, 1.807) is 31.2 Å². The van der Waals surface area contributed by atoms with Gasteiger partial charge in [0.15, 0.2) is 5.82 Å². The number of nitrogens with one attached hydrogen (secondary N) is 1. The van der Waals surface area contributed by atoms with Crippen molar-refractivity contribution in [3.8, 4) is 0 Å². The van der Waals surface area contributed by atoms with Crippen LogP contribution in [-0.2, 0) is 10.0 Å². The van der Waals surface area contributed by atoms with E-state index in [2.05, 4.69) is 9.71 Å². The van der Waals surface area contributed by atoms with Gasteiger partial charge in [0, 0.05) is 6.20 Å². The molecule has 1 heterocycles. The molecule has 0 bridgehead atoms. The maximum absolute atomic E-state index is 13.5. The first-order chi connectivity index (χ1) is 9.42. The second kappa shape index (κ2) is 5.76. The molecule has 0 spiro atoms. The van der Waals surface area contributed by atoms with Gasteiger partial charge in [-0.05, 0) is 30.7 Å². The van der Waals surface area contributed by atoms with Crippen LogP contribution >= 0.6 is 11.6 Å². The molecular weight excluding hydrogens is 303 g/mol. The molecule has 20 heavy (non-hydrogen) atoms. The average molecular weight is 315 g/mol. The number of pyridine rings is 1. The first-order valence-electron chi connectivity index (χ1n) is 5.78. The second-order valence-electron chi connectivity index (χ2n) is 4.10. The highest BCUT2D eigenvalue weighted by Crippen LogP contribution is 2.28. The minimum absolute atomic E-state index is 0.306. The predicted octanol–water partition coefficient (Wildman–Crippen LogP) is 3.32. The molecule has 0 aliphatic carbocycles. The van der Waals surface area contributed by atoms with Crippen LogP contribution in [0.15, 0.2) is 47.6 Å². The maximum atomic E-state index is 13.5. The first kappa shape index (κ1) is 14.7. The second-order valence-corrected chi connectivity index (χ2v) is 6.35. The molecule has 0 aliphatic rings. The van der Waals surface area contributed by atoms with E-state index in [0.29, 0.717) is 11.3 Å². The summed E-state index contributed by atoms with van der Waals surface area (Å²) in [6, 6.07) is 9.03. The van der Waals surface area contributed by atoms with Crippen LogP contribution in [0.25, 0.3) is 0 Å². The number of alkyl halides is 1. The van der Waals surface area contributed by atoms with Crippen LogP contribution in [0.2, 0.25) is 0 Å². The third kappa shape index (κ3) is 3.08. The summed E-state index contributed by atoms with van der Waals surface area (Å²) in [5, 5.41) is -1.03. The molecule has 1 aromatic carbocycles. The third-order valence-electron chi connectivity index (χ3n) is 2.61. The molecule has 4 nitrogen and oxygen atoms in total. The van der Waals surface area contributed by atoms with E-state index in [1.807, 2.05) is 0 Å². The number of nitrogens with zero attached hydrogens (tertiary/aromatic N) is 1. The zero-order valence-corrected chi connectivity index (χ0v) is 12.1. The molecule has 0 fully saturated rings. The summed E-state index contributed by atoms with van der Waals surface area (Å²) in [6.07, 6.45) is 1.22. The molecule has 0 saturated heterocycles. The number of sulfonamides is 1. The summed E-state index contributed by atoms with van der Waals surface area (Å²) in [7, 11) is -4.09. The zero-order chi connectivity index (χ0) is 14.8. The van der Waals surface area contributed by atoms with Gasteiger partial charge >= 0.3 is 0 Å². The lowest BCUT2D eigenvalue weighted by Crippen LogP contribution is -2.17. The van der Waals surface area contributed by atoms with E-state index in [-0.39, 0.29) is 5.38 Å². The quantitative estimate of drug-likeness (QED) is 0.881. The zero-order valence-electron chi connectivity index (χ0n) is 10.5. The van der Waals surface area contributed by atoms with Crippen LogP contribution in [-0.4, -0.2) is 13.4 Å². The third-order valence-corrected chi connectivity index (χ3v) is 4.15. The van der Waals surface area contributed by atoms with Crippen molar-refractivity contribution >= 4 is 27.3 Å². The van der Waals surface area contributed by atoms with E-state index in [1.165, 1.54) is 12.3 Å². The van der Waals surface area contributed by atoms with Crippen molar-refractivity contribution in [1.29, 1.82) is 0 Å². The molecule has 0 radical (unpaired) electrons. The van der Waals surface area contributed by atoms with Crippen molar-refractivity contribution < 1.29 is 12.8 Å². The van der Waals surface area contributed by atoms with Gasteiger partial charge in [0.2, 0.25) is 5.03 Å². The van der Waals surface area contributed by atoms with Gasteiger partial charge in [0.25, 0.3) is 10.0 Å². The monoisotopic (exact) mass is 314 g/mol. The van der Waals surface area contributed by atoms with Crippen molar-refractivity contribution in [3.05, 3.63) is 54.0 Å². The van der Waals surface area contributed by atoms with Gasteiger partial charge in [-0.15, -0.1) is 11.6 Å². The maximum Gasteiger partial charge on any atom is 0.282 e. The number of para-hydroxylation sites is 1. The Balaban J connectivity index is 2.42. The fraction of sp³-hybridized carbons (Fsp3) is 0.154. The molecule has 2 aromatic rings. The molecule has 1 aromatic heterocycles. The van der Waals surface area contributed by atoms with Crippen LogP contribution < -0.4 is 4.72 Å². The topological polar surface area (TPSA) is 59.1 Å². The highest BCUT2D eigenvalue weighted by atomic mass is 35.5. The molecule has 0 saturated carbocycles. The minimum Gasteiger partial charge on any atom is -0.278 e. The van der Waals surface area contributed by atoms with Crippen molar-refractivity contribution in [3.63, 3.8) is 0 Å². The Labute approximate surface area is 121 Å². The van der Waals surface area contributed by atoms with Crippen molar-refractivity contribution in [2.75, 3.05) is 4.72 Å². The number of rotatable bonds is 4. The van der Waals surface area contributed by atoms with Crippen molar-refractivity contribution in [2.24, 2.45) is 0 Å². The van der Waals surface area contributed by atoms with E-state index in [0.717, 1.165) is 6.07 Å². The molecule has 2 rings (SSSR count). The summed E-state index contributed by atoms with van der Waals surface area (Å²) in [4.78, 5) is 3.56. The summed E-state index contributed by atoms with van der Waals surface area (Å²) in [5.41, 5.74) is 0.911.